The highest BCUT2D eigenvalue weighted by Gasteiger charge is 2.02. The van der Waals surface area contributed by atoms with E-state index in [0.29, 0.717) is 10.0 Å². The summed E-state index contributed by atoms with van der Waals surface area (Å²) in [5, 5.41) is 1.10. The first-order valence-corrected chi connectivity index (χ1v) is 5.44. The lowest BCUT2D eigenvalue weighted by Gasteiger charge is -2.02. The van der Waals surface area contributed by atoms with Gasteiger partial charge in [-0.2, -0.15) is 0 Å². The van der Waals surface area contributed by atoms with Gasteiger partial charge in [-0.1, -0.05) is 23.2 Å². The van der Waals surface area contributed by atoms with Crippen LogP contribution in [0.15, 0.2) is 23.1 Å². The van der Waals surface area contributed by atoms with E-state index < -0.39 is 0 Å². The molecule has 0 saturated heterocycles. The zero-order valence-corrected chi connectivity index (χ0v) is 9.42. The third kappa shape index (κ3) is 3.75. The molecule has 1 aromatic rings. The molecule has 0 spiro atoms. The largest absolute Gasteiger partial charge is 0.294 e. The molecule has 76 valence electrons. The van der Waals surface area contributed by atoms with Crippen molar-refractivity contribution in [2.75, 3.05) is 5.75 Å². The SMILES string of the molecule is NNC(=O)CSc1cc(Cl)cc(Cl)c1. The summed E-state index contributed by atoms with van der Waals surface area (Å²) >= 11 is 12.9. The van der Waals surface area contributed by atoms with Crippen LogP contribution >= 0.6 is 35.0 Å². The van der Waals surface area contributed by atoms with E-state index in [1.54, 1.807) is 18.2 Å². The first-order valence-electron chi connectivity index (χ1n) is 3.70. The van der Waals surface area contributed by atoms with Gasteiger partial charge < -0.3 is 0 Å². The van der Waals surface area contributed by atoms with Crippen molar-refractivity contribution in [3.05, 3.63) is 28.2 Å². The third-order valence-corrected chi connectivity index (χ3v) is 2.78. The Balaban J connectivity index is 2.63. The van der Waals surface area contributed by atoms with E-state index in [1.165, 1.54) is 11.8 Å². The van der Waals surface area contributed by atoms with Crippen LogP contribution in [0.25, 0.3) is 0 Å². The molecule has 0 bridgehead atoms. The van der Waals surface area contributed by atoms with Gasteiger partial charge in [-0.25, -0.2) is 5.84 Å². The van der Waals surface area contributed by atoms with Crippen LogP contribution in [0.1, 0.15) is 0 Å². The number of nitrogens with two attached hydrogens (primary N) is 1. The second-order valence-corrected chi connectivity index (χ2v) is 4.38. The number of thioether (sulfide) groups is 1. The lowest BCUT2D eigenvalue weighted by molar-refractivity contribution is -0.118. The molecule has 3 nitrogen and oxygen atoms in total. The molecule has 0 aliphatic rings. The summed E-state index contributed by atoms with van der Waals surface area (Å²) < 4.78 is 0. The van der Waals surface area contributed by atoms with Gasteiger partial charge in [-0.3, -0.25) is 10.2 Å². The number of rotatable bonds is 3. The fraction of sp³-hybridized carbons (Fsp3) is 0.125. The highest BCUT2D eigenvalue weighted by Crippen LogP contribution is 2.26. The standard InChI is InChI=1S/C8H8Cl2N2OS/c9-5-1-6(10)3-7(2-5)14-4-8(13)12-11/h1-3H,4,11H2,(H,12,13). The van der Waals surface area contributed by atoms with Crippen molar-refractivity contribution in [3.63, 3.8) is 0 Å². The monoisotopic (exact) mass is 250 g/mol. The molecular formula is C8H8Cl2N2OS. The first-order chi connectivity index (χ1) is 6.61. The summed E-state index contributed by atoms with van der Waals surface area (Å²) in [6, 6.07) is 5.11. The van der Waals surface area contributed by atoms with Gasteiger partial charge in [0.2, 0.25) is 5.91 Å². The molecule has 0 aliphatic heterocycles. The molecule has 1 rings (SSSR count). The van der Waals surface area contributed by atoms with Gasteiger partial charge in [0.25, 0.3) is 0 Å². The number of halogens is 2. The van der Waals surface area contributed by atoms with Crippen LogP contribution in [0, 0.1) is 0 Å². The summed E-state index contributed by atoms with van der Waals surface area (Å²) in [4.78, 5) is 11.7. The van der Waals surface area contributed by atoms with Gasteiger partial charge in [0.1, 0.15) is 0 Å². The van der Waals surface area contributed by atoms with Crippen LogP contribution in [0.2, 0.25) is 10.0 Å². The number of hydrogen-bond acceptors (Lipinski definition) is 3. The zero-order chi connectivity index (χ0) is 10.6. The summed E-state index contributed by atoms with van der Waals surface area (Å²) in [5.41, 5.74) is 2.04. The van der Waals surface area contributed by atoms with Gasteiger partial charge in [0, 0.05) is 14.9 Å². The van der Waals surface area contributed by atoms with Gasteiger partial charge in [-0.15, -0.1) is 11.8 Å². The summed E-state index contributed by atoms with van der Waals surface area (Å²) in [5.74, 6) is 4.93. The van der Waals surface area contributed by atoms with Crippen LogP contribution in [-0.2, 0) is 4.79 Å². The van der Waals surface area contributed by atoms with E-state index in [9.17, 15) is 4.79 Å². The average molecular weight is 251 g/mol. The summed E-state index contributed by atoms with van der Waals surface area (Å²) in [6.07, 6.45) is 0. The van der Waals surface area contributed by atoms with Crippen molar-refractivity contribution in [2.24, 2.45) is 5.84 Å². The maximum Gasteiger partial charge on any atom is 0.244 e. The second-order valence-electron chi connectivity index (χ2n) is 2.46. The van der Waals surface area contributed by atoms with Crippen molar-refractivity contribution in [3.8, 4) is 0 Å². The van der Waals surface area contributed by atoms with Crippen molar-refractivity contribution < 1.29 is 4.79 Å². The van der Waals surface area contributed by atoms with Crippen molar-refractivity contribution >= 4 is 40.9 Å². The molecule has 0 radical (unpaired) electrons. The molecule has 14 heavy (non-hydrogen) atoms. The fourth-order valence-corrected chi connectivity index (χ4v) is 2.26. The van der Waals surface area contributed by atoms with E-state index in [-0.39, 0.29) is 11.7 Å². The predicted molar refractivity (Wildman–Crippen MR) is 59.5 cm³/mol. The van der Waals surface area contributed by atoms with Crippen molar-refractivity contribution in [2.45, 2.75) is 4.90 Å². The number of hydrazine groups is 1. The second kappa shape index (κ2) is 5.46. The number of hydrogen-bond donors (Lipinski definition) is 2. The highest BCUT2D eigenvalue weighted by molar-refractivity contribution is 8.00. The molecular weight excluding hydrogens is 243 g/mol. The lowest BCUT2D eigenvalue weighted by Crippen LogP contribution is -2.31. The van der Waals surface area contributed by atoms with E-state index in [2.05, 4.69) is 0 Å². The Morgan fingerprint density at radius 2 is 1.93 bits per heavy atom. The Morgan fingerprint density at radius 3 is 2.43 bits per heavy atom. The van der Waals surface area contributed by atoms with Crippen LogP contribution in [0.4, 0.5) is 0 Å². The zero-order valence-electron chi connectivity index (χ0n) is 7.09. The van der Waals surface area contributed by atoms with Crippen LogP contribution in [0.3, 0.4) is 0 Å². The predicted octanol–water partition coefficient (Wildman–Crippen LogP) is 2.08. The maximum absolute atomic E-state index is 10.8. The van der Waals surface area contributed by atoms with Crippen LogP contribution in [-0.4, -0.2) is 11.7 Å². The van der Waals surface area contributed by atoms with E-state index >= 15 is 0 Å². The minimum atomic E-state index is -0.244. The Kier molecular flexibility index (Phi) is 4.54. The van der Waals surface area contributed by atoms with Crippen LogP contribution < -0.4 is 11.3 Å². The molecule has 0 fully saturated rings. The number of carbonyl (C=O) groups is 1. The molecule has 0 unspecified atom stereocenters. The Hall–Kier alpha value is -0.420. The maximum atomic E-state index is 10.8. The third-order valence-electron chi connectivity index (χ3n) is 1.37. The number of carbonyl (C=O) groups excluding carboxylic acids is 1. The highest BCUT2D eigenvalue weighted by atomic mass is 35.5. The molecule has 0 heterocycles. The van der Waals surface area contributed by atoms with E-state index in [1.807, 2.05) is 5.43 Å². The van der Waals surface area contributed by atoms with Gasteiger partial charge >= 0.3 is 0 Å². The summed E-state index contributed by atoms with van der Waals surface area (Å²) in [7, 11) is 0. The smallest absolute Gasteiger partial charge is 0.244 e. The number of amides is 1. The fourth-order valence-electron chi connectivity index (χ4n) is 0.802. The number of nitrogens with one attached hydrogen (secondary N) is 1. The van der Waals surface area contributed by atoms with Gasteiger partial charge in [0.05, 0.1) is 5.75 Å². The van der Waals surface area contributed by atoms with Crippen molar-refractivity contribution in [1.29, 1.82) is 0 Å². The molecule has 0 aliphatic carbocycles. The van der Waals surface area contributed by atoms with E-state index in [4.69, 9.17) is 29.0 Å². The minimum Gasteiger partial charge on any atom is -0.294 e. The lowest BCUT2D eigenvalue weighted by atomic mass is 10.4. The quantitative estimate of drug-likeness (QED) is 0.374. The minimum absolute atomic E-state index is 0.243. The molecule has 1 aromatic carbocycles. The molecule has 3 N–H and O–H groups in total. The molecule has 0 saturated carbocycles. The Labute approximate surface area is 95.9 Å². The number of benzene rings is 1. The average Bonchev–Trinajstić information content (AvgIpc) is 2.12. The molecule has 1 amide bonds. The molecule has 0 aromatic heterocycles. The van der Waals surface area contributed by atoms with Gasteiger partial charge in [0.15, 0.2) is 0 Å². The molecule has 0 atom stereocenters. The van der Waals surface area contributed by atoms with E-state index in [0.717, 1.165) is 4.90 Å². The molecule has 6 heteroatoms. The Morgan fingerprint density at radius 1 is 1.36 bits per heavy atom. The van der Waals surface area contributed by atoms with Crippen molar-refractivity contribution in [1.82, 2.24) is 5.43 Å². The first kappa shape index (κ1) is 11.7. The normalized spacial score (nSPS) is 9.93. The summed E-state index contributed by atoms with van der Waals surface area (Å²) in [6.45, 7) is 0. The van der Waals surface area contributed by atoms with Gasteiger partial charge in [-0.05, 0) is 18.2 Å². The topological polar surface area (TPSA) is 55.1 Å². The van der Waals surface area contributed by atoms with Crippen LogP contribution in [0.5, 0.6) is 0 Å². The Bertz CT molecular complexity index is 326.